The molecule has 1 unspecified atom stereocenters. The predicted octanol–water partition coefficient (Wildman–Crippen LogP) is 1.45. The van der Waals surface area contributed by atoms with Gasteiger partial charge in [0.1, 0.15) is 5.82 Å². The normalized spacial score (nSPS) is 18.5. The molecule has 1 aromatic carbocycles. The van der Waals surface area contributed by atoms with E-state index in [-0.39, 0.29) is 16.3 Å². The van der Waals surface area contributed by atoms with Crippen molar-refractivity contribution < 1.29 is 17.5 Å². The minimum absolute atomic E-state index is 0.0800. The van der Waals surface area contributed by atoms with Crippen molar-refractivity contribution in [1.29, 1.82) is 0 Å². The number of anilines is 1. The van der Waals surface area contributed by atoms with E-state index in [9.17, 15) is 8.42 Å². The summed E-state index contributed by atoms with van der Waals surface area (Å²) in [5.74, 6) is -1.16. The Labute approximate surface area is 196 Å². The zero-order valence-electron chi connectivity index (χ0n) is 19.3. The molecule has 0 fully saturated rings. The van der Waals surface area contributed by atoms with Gasteiger partial charge in [0.15, 0.2) is 27.2 Å². The zero-order chi connectivity index (χ0) is 24.7. The fraction of sp³-hybridized carbons (Fsp3) is 0.286. The molecule has 4 N–H and O–H groups in total. The Bertz CT molecular complexity index is 1410. The number of aryl methyl sites for hydroxylation is 2. The Hall–Kier alpha value is -3.71. The van der Waals surface area contributed by atoms with E-state index in [1.165, 1.54) is 19.2 Å². The van der Waals surface area contributed by atoms with Gasteiger partial charge in [-0.05, 0) is 32.2 Å². The van der Waals surface area contributed by atoms with Crippen LogP contribution in [0.2, 0.25) is 0 Å². The van der Waals surface area contributed by atoms with Gasteiger partial charge < -0.3 is 15.4 Å². The third kappa shape index (κ3) is 4.26. The average Bonchev–Trinajstić information content (AvgIpc) is 3.40. The molecule has 0 saturated carbocycles. The number of aliphatic imine (C=N–C) groups is 1. The van der Waals surface area contributed by atoms with Crippen molar-refractivity contribution in [3.05, 3.63) is 65.1 Å². The Morgan fingerprint density at radius 3 is 2.56 bits per heavy atom. The third-order valence-electron chi connectivity index (χ3n) is 5.30. The Kier molecular flexibility index (Phi) is 5.91. The van der Waals surface area contributed by atoms with Crippen molar-refractivity contribution in [2.24, 2.45) is 12.0 Å². The van der Waals surface area contributed by atoms with Gasteiger partial charge in [0.25, 0.3) is 0 Å². The minimum atomic E-state index is -3.59. The van der Waals surface area contributed by atoms with Crippen LogP contribution in [-0.4, -0.2) is 54.6 Å². The lowest BCUT2D eigenvalue weighted by molar-refractivity contribution is 0.281. The molecular weight excluding hydrogens is 463 g/mol. The van der Waals surface area contributed by atoms with Gasteiger partial charge in [0.05, 0.1) is 29.5 Å². The molecule has 13 heteroatoms. The van der Waals surface area contributed by atoms with Crippen molar-refractivity contribution in [1.82, 2.24) is 30.6 Å². The molecule has 1 aliphatic rings. The lowest BCUT2D eigenvalue weighted by Gasteiger charge is -2.37. The number of rotatable bonds is 6. The molecule has 34 heavy (non-hydrogen) atoms. The standard InChI is InChI=1S/C21H25FN8O3S/c1-12-8-17(29-28-12)25-20-19(33-4)18(13-10-24-30(3)11-13)26-21(23-2,27-20)15-7-6-14(9-16(15)22)34(5,31)32/h6-11,23,26H,1-5H3,(H2,25,27,28,29). The summed E-state index contributed by atoms with van der Waals surface area (Å²) in [5, 5.41) is 20.6. The average molecular weight is 489 g/mol. The second-order valence-electron chi connectivity index (χ2n) is 7.83. The van der Waals surface area contributed by atoms with Gasteiger partial charge in [0.2, 0.25) is 5.79 Å². The van der Waals surface area contributed by atoms with Crippen molar-refractivity contribution >= 4 is 27.2 Å². The number of nitrogens with zero attached hydrogens (tertiary/aromatic N) is 4. The summed E-state index contributed by atoms with van der Waals surface area (Å²) < 4.78 is 46.5. The van der Waals surface area contributed by atoms with E-state index in [1.54, 1.807) is 37.2 Å². The molecule has 0 radical (unpaired) electrons. The summed E-state index contributed by atoms with van der Waals surface area (Å²) in [6, 6.07) is 5.48. The van der Waals surface area contributed by atoms with Gasteiger partial charge in [-0.15, -0.1) is 0 Å². The number of nitrogens with one attached hydrogen (secondary N) is 4. The number of H-pyrrole nitrogens is 1. The molecule has 11 nitrogen and oxygen atoms in total. The monoisotopic (exact) mass is 488 g/mol. The number of benzene rings is 1. The molecule has 4 rings (SSSR count). The quantitative estimate of drug-likeness (QED) is 0.409. The van der Waals surface area contributed by atoms with E-state index in [0.29, 0.717) is 22.8 Å². The number of aromatic nitrogens is 4. The molecule has 0 saturated heterocycles. The summed E-state index contributed by atoms with van der Waals surface area (Å²) in [5.41, 5.74) is 2.06. The van der Waals surface area contributed by atoms with Crippen LogP contribution in [0.25, 0.3) is 5.70 Å². The van der Waals surface area contributed by atoms with Gasteiger partial charge in [-0.2, -0.15) is 10.2 Å². The first-order valence-electron chi connectivity index (χ1n) is 10.2. The van der Waals surface area contributed by atoms with E-state index >= 15 is 4.39 Å². The second-order valence-corrected chi connectivity index (χ2v) is 9.85. The maximum Gasteiger partial charge on any atom is 0.216 e. The van der Waals surface area contributed by atoms with Crippen LogP contribution in [0.4, 0.5) is 10.2 Å². The van der Waals surface area contributed by atoms with Gasteiger partial charge in [-0.1, -0.05) is 0 Å². The lowest BCUT2D eigenvalue weighted by atomic mass is 10.0. The first-order valence-corrected chi connectivity index (χ1v) is 12.1. The number of amidine groups is 1. The molecule has 0 bridgehead atoms. The van der Waals surface area contributed by atoms with Crippen molar-refractivity contribution in [3.63, 3.8) is 0 Å². The summed E-state index contributed by atoms with van der Waals surface area (Å²) in [7, 11) is 1.28. The zero-order valence-corrected chi connectivity index (χ0v) is 20.1. The molecule has 3 heterocycles. The Balaban J connectivity index is 1.91. The van der Waals surface area contributed by atoms with E-state index < -0.39 is 21.4 Å². The van der Waals surface area contributed by atoms with Gasteiger partial charge in [0, 0.05) is 36.8 Å². The molecule has 3 aromatic rings. The fourth-order valence-electron chi connectivity index (χ4n) is 3.64. The van der Waals surface area contributed by atoms with Crippen molar-refractivity contribution in [3.8, 4) is 0 Å². The fourth-order valence-corrected chi connectivity index (χ4v) is 4.28. The maximum atomic E-state index is 15.4. The Morgan fingerprint density at radius 1 is 1.26 bits per heavy atom. The van der Waals surface area contributed by atoms with E-state index in [2.05, 4.69) is 31.2 Å². The molecule has 180 valence electrons. The number of sulfone groups is 1. The summed E-state index contributed by atoms with van der Waals surface area (Å²) in [6.07, 6.45) is 4.42. The van der Waals surface area contributed by atoms with Crippen molar-refractivity contribution in [2.45, 2.75) is 17.6 Å². The highest BCUT2D eigenvalue weighted by Crippen LogP contribution is 2.34. The SMILES string of the molecule is CNC1(c2ccc(S(C)(=O)=O)cc2F)N=C(Nc2cc(C)[nH]n2)C(OC)=C(c2cnn(C)c2)N1. The molecule has 0 spiro atoms. The van der Waals surface area contributed by atoms with Crippen LogP contribution in [0.5, 0.6) is 0 Å². The largest absolute Gasteiger partial charge is 0.491 e. The molecular formula is C21H25FN8O3S. The summed E-state index contributed by atoms with van der Waals surface area (Å²) >= 11 is 0. The number of hydrogen-bond acceptors (Lipinski definition) is 9. The summed E-state index contributed by atoms with van der Waals surface area (Å²) in [6.45, 7) is 1.85. The van der Waals surface area contributed by atoms with Crippen LogP contribution in [-0.2, 0) is 27.4 Å². The number of ether oxygens (including phenoxy) is 1. The number of hydrogen-bond donors (Lipinski definition) is 4. The van der Waals surface area contributed by atoms with E-state index in [1.807, 2.05) is 6.92 Å². The van der Waals surface area contributed by atoms with Crippen molar-refractivity contribution in [2.75, 3.05) is 25.7 Å². The minimum Gasteiger partial charge on any atom is -0.491 e. The number of halogens is 1. The first-order chi connectivity index (χ1) is 16.1. The van der Waals surface area contributed by atoms with Crippen LogP contribution >= 0.6 is 0 Å². The topological polar surface area (TPSA) is 138 Å². The van der Waals surface area contributed by atoms with Crippen LogP contribution in [0, 0.1) is 12.7 Å². The maximum absolute atomic E-state index is 15.4. The summed E-state index contributed by atoms with van der Waals surface area (Å²) in [4.78, 5) is 4.59. The smallest absolute Gasteiger partial charge is 0.216 e. The van der Waals surface area contributed by atoms with Crippen LogP contribution in [0.15, 0.2) is 52.3 Å². The van der Waals surface area contributed by atoms with Crippen LogP contribution in [0.3, 0.4) is 0 Å². The van der Waals surface area contributed by atoms with Gasteiger partial charge in [-0.25, -0.2) is 17.8 Å². The van der Waals surface area contributed by atoms with E-state index in [4.69, 9.17) is 9.73 Å². The van der Waals surface area contributed by atoms with Gasteiger partial charge >= 0.3 is 0 Å². The van der Waals surface area contributed by atoms with Crippen LogP contribution < -0.4 is 16.0 Å². The molecule has 0 amide bonds. The number of methoxy groups -OCH3 is 1. The van der Waals surface area contributed by atoms with Gasteiger partial charge in [-0.3, -0.25) is 15.1 Å². The first kappa shape index (κ1) is 23.4. The molecule has 0 aliphatic carbocycles. The predicted molar refractivity (Wildman–Crippen MR) is 125 cm³/mol. The third-order valence-corrected chi connectivity index (χ3v) is 6.41. The highest BCUT2D eigenvalue weighted by molar-refractivity contribution is 7.90. The molecule has 1 aliphatic heterocycles. The molecule has 2 aromatic heterocycles. The second kappa shape index (κ2) is 8.57. The Morgan fingerprint density at radius 2 is 2.03 bits per heavy atom. The van der Waals surface area contributed by atoms with E-state index in [0.717, 1.165) is 18.0 Å². The number of aromatic amines is 1. The lowest BCUT2D eigenvalue weighted by Crippen LogP contribution is -2.54. The highest BCUT2D eigenvalue weighted by Gasteiger charge is 2.40. The molecule has 1 atom stereocenters. The highest BCUT2D eigenvalue weighted by atomic mass is 32.2. The van der Waals surface area contributed by atoms with Crippen LogP contribution in [0.1, 0.15) is 16.8 Å².